The van der Waals surface area contributed by atoms with Crippen LogP contribution in [-0.4, -0.2) is 61.8 Å². The molecule has 4 rings (SSSR count). The molecule has 0 bridgehead atoms. The van der Waals surface area contributed by atoms with Gasteiger partial charge < -0.3 is 14.6 Å². The third kappa shape index (κ3) is 3.58. The molecular weight excluding hydrogens is 397 g/mol. The number of H-pyrrole nitrogens is 1. The molecule has 2 heterocycles. The summed E-state index contributed by atoms with van der Waals surface area (Å²) in [5.41, 5.74) is 0.839. The van der Waals surface area contributed by atoms with Gasteiger partial charge in [0.15, 0.2) is 0 Å². The Labute approximate surface area is 167 Å². The summed E-state index contributed by atoms with van der Waals surface area (Å²) in [5, 5.41) is 0.358. The van der Waals surface area contributed by atoms with Gasteiger partial charge in [-0.25, -0.2) is 12.8 Å². The molecule has 0 saturated carbocycles. The van der Waals surface area contributed by atoms with Crippen molar-refractivity contribution in [3.05, 3.63) is 60.0 Å². The molecule has 1 amide bonds. The third-order valence-corrected chi connectivity index (χ3v) is 6.98. The number of nitrogens with one attached hydrogen (secondary N) is 1. The zero-order valence-corrected chi connectivity index (χ0v) is 16.6. The van der Waals surface area contributed by atoms with Crippen molar-refractivity contribution >= 4 is 26.8 Å². The second-order valence-electron chi connectivity index (χ2n) is 6.76. The summed E-state index contributed by atoms with van der Waals surface area (Å²) in [6.45, 7) is 0.890. The van der Waals surface area contributed by atoms with E-state index < -0.39 is 15.8 Å². The molecule has 152 valence electrons. The lowest BCUT2D eigenvalue weighted by Crippen LogP contribution is -2.50. The number of aromatic amines is 1. The van der Waals surface area contributed by atoms with E-state index in [0.717, 1.165) is 0 Å². The summed E-state index contributed by atoms with van der Waals surface area (Å²) in [5.74, 6) is -0.0931. The number of carbonyl (C=O) groups is 1. The number of aromatic nitrogens is 1. The van der Waals surface area contributed by atoms with Crippen molar-refractivity contribution in [2.45, 2.75) is 4.90 Å². The van der Waals surface area contributed by atoms with Gasteiger partial charge in [0.05, 0.1) is 12.0 Å². The number of carbonyl (C=O) groups excluding carboxylic acids is 1. The number of rotatable bonds is 4. The Morgan fingerprint density at radius 2 is 1.76 bits per heavy atom. The number of benzene rings is 2. The SMILES string of the molecule is COc1ccc(S(=O)(=O)N2CCN(C(=O)c3cc4c(F)cccc4[nH]3)CC2)cc1. The molecule has 9 heteroatoms. The van der Waals surface area contributed by atoms with Gasteiger partial charge in [-0.05, 0) is 42.5 Å². The lowest BCUT2D eigenvalue weighted by molar-refractivity contribution is 0.0693. The minimum absolute atomic E-state index is 0.184. The smallest absolute Gasteiger partial charge is 0.270 e. The molecule has 2 aromatic carbocycles. The maximum atomic E-state index is 13.9. The molecule has 29 heavy (non-hydrogen) atoms. The van der Waals surface area contributed by atoms with E-state index in [0.29, 0.717) is 16.7 Å². The third-order valence-electron chi connectivity index (χ3n) is 5.06. The molecule has 3 aromatic rings. The number of methoxy groups -OCH3 is 1. The Morgan fingerprint density at radius 1 is 1.07 bits per heavy atom. The predicted octanol–water partition coefficient (Wildman–Crippen LogP) is 2.46. The molecule has 1 aliphatic heterocycles. The van der Waals surface area contributed by atoms with E-state index in [-0.39, 0.29) is 42.7 Å². The van der Waals surface area contributed by atoms with E-state index in [9.17, 15) is 17.6 Å². The molecule has 1 fully saturated rings. The van der Waals surface area contributed by atoms with E-state index in [1.165, 1.54) is 35.7 Å². The summed E-state index contributed by atoms with van der Waals surface area (Å²) >= 11 is 0. The lowest BCUT2D eigenvalue weighted by atomic mass is 10.2. The Balaban J connectivity index is 1.46. The maximum absolute atomic E-state index is 13.9. The van der Waals surface area contributed by atoms with Gasteiger partial charge in [0.25, 0.3) is 5.91 Å². The fraction of sp³-hybridized carbons (Fsp3) is 0.250. The Morgan fingerprint density at radius 3 is 2.38 bits per heavy atom. The highest BCUT2D eigenvalue weighted by Crippen LogP contribution is 2.23. The molecule has 1 aliphatic rings. The Hall–Kier alpha value is -2.91. The molecular formula is C20H20FN3O4S. The van der Waals surface area contributed by atoms with Gasteiger partial charge in [0.2, 0.25) is 10.0 Å². The van der Waals surface area contributed by atoms with Gasteiger partial charge in [-0.15, -0.1) is 0 Å². The predicted molar refractivity (Wildman–Crippen MR) is 106 cm³/mol. The van der Waals surface area contributed by atoms with Crippen LogP contribution in [0.4, 0.5) is 4.39 Å². The second kappa shape index (κ2) is 7.49. The van der Waals surface area contributed by atoms with Crippen molar-refractivity contribution in [3.8, 4) is 5.75 Å². The first kappa shape index (κ1) is 19.4. The summed E-state index contributed by atoms with van der Waals surface area (Å²) < 4.78 is 45.9. The minimum Gasteiger partial charge on any atom is -0.497 e. The number of sulfonamides is 1. The molecule has 0 aliphatic carbocycles. The molecule has 0 radical (unpaired) electrons. The highest BCUT2D eigenvalue weighted by Gasteiger charge is 2.31. The lowest BCUT2D eigenvalue weighted by Gasteiger charge is -2.33. The quantitative estimate of drug-likeness (QED) is 0.707. The van der Waals surface area contributed by atoms with Gasteiger partial charge in [-0.3, -0.25) is 4.79 Å². The average Bonchev–Trinajstić information content (AvgIpc) is 3.19. The Bertz CT molecular complexity index is 1150. The number of piperazine rings is 1. The van der Waals surface area contributed by atoms with Crippen LogP contribution in [-0.2, 0) is 10.0 Å². The van der Waals surface area contributed by atoms with Crippen molar-refractivity contribution in [3.63, 3.8) is 0 Å². The summed E-state index contributed by atoms with van der Waals surface area (Å²) in [6, 6.07) is 12.3. The summed E-state index contributed by atoms with van der Waals surface area (Å²) in [4.78, 5) is 17.5. The van der Waals surface area contributed by atoms with Gasteiger partial charge in [0, 0.05) is 37.1 Å². The van der Waals surface area contributed by atoms with Gasteiger partial charge in [-0.1, -0.05) is 6.07 Å². The van der Waals surface area contributed by atoms with Gasteiger partial charge in [0.1, 0.15) is 17.3 Å². The largest absolute Gasteiger partial charge is 0.497 e. The summed E-state index contributed by atoms with van der Waals surface area (Å²) in [6.07, 6.45) is 0. The minimum atomic E-state index is -3.64. The van der Waals surface area contributed by atoms with Gasteiger partial charge in [-0.2, -0.15) is 4.31 Å². The number of hydrogen-bond acceptors (Lipinski definition) is 4. The number of hydrogen-bond donors (Lipinski definition) is 1. The van der Waals surface area contributed by atoms with Crippen LogP contribution >= 0.6 is 0 Å². The highest BCUT2D eigenvalue weighted by molar-refractivity contribution is 7.89. The van der Waals surface area contributed by atoms with E-state index in [2.05, 4.69) is 4.98 Å². The highest BCUT2D eigenvalue weighted by atomic mass is 32.2. The average molecular weight is 417 g/mol. The second-order valence-corrected chi connectivity index (χ2v) is 8.69. The van der Waals surface area contributed by atoms with Crippen molar-refractivity contribution in [1.29, 1.82) is 0 Å². The zero-order chi connectivity index (χ0) is 20.6. The molecule has 0 atom stereocenters. The molecule has 7 nitrogen and oxygen atoms in total. The van der Waals surface area contributed by atoms with Crippen LogP contribution < -0.4 is 4.74 Å². The summed E-state index contributed by atoms with van der Waals surface area (Å²) in [7, 11) is -2.13. The first-order valence-corrected chi connectivity index (χ1v) is 10.5. The van der Waals surface area contributed by atoms with Crippen LogP contribution in [0.2, 0.25) is 0 Å². The first-order chi connectivity index (χ1) is 13.9. The normalized spacial score (nSPS) is 15.6. The van der Waals surface area contributed by atoms with Crippen molar-refractivity contribution in [2.75, 3.05) is 33.3 Å². The number of fused-ring (bicyclic) bond motifs is 1. The van der Waals surface area contributed by atoms with Crippen molar-refractivity contribution in [1.82, 2.24) is 14.2 Å². The number of halogens is 1. The van der Waals surface area contributed by atoms with E-state index in [4.69, 9.17) is 4.74 Å². The molecule has 1 saturated heterocycles. The topological polar surface area (TPSA) is 82.7 Å². The van der Waals surface area contributed by atoms with Crippen molar-refractivity contribution in [2.24, 2.45) is 0 Å². The Kier molecular flexibility index (Phi) is 5.01. The molecule has 1 N–H and O–H groups in total. The standard InChI is InChI=1S/C20H20FN3O4S/c1-28-14-5-7-15(8-6-14)29(26,27)24-11-9-23(10-12-24)20(25)19-13-16-17(21)3-2-4-18(16)22-19/h2-8,13,22H,9-12H2,1H3. The van der Waals surface area contributed by atoms with E-state index in [1.807, 2.05) is 0 Å². The van der Waals surface area contributed by atoms with Crippen LogP contribution in [0.3, 0.4) is 0 Å². The molecule has 1 aromatic heterocycles. The fourth-order valence-electron chi connectivity index (χ4n) is 3.43. The first-order valence-electron chi connectivity index (χ1n) is 9.11. The number of ether oxygens (including phenoxy) is 1. The zero-order valence-electron chi connectivity index (χ0n) is 15.8. The van der Waals surface area contributed by atoms with Gasteiger partial charge >= 0.3 is 0 Å². The number of amides is 1. The van der Waals surface area contributed by atoms with Crippen LogP contribution in [0, 0.1) is 5.82 Å². The van der Waals surface area contributed by atoms with Crippen LogP contribution in [0.15, 0.2) is 53.4 Å². The fourth-order valence-corrected chi connectivity index (χ4v) is 4.85. The van der Waals surface area contributed by atoms with Crippen molar-refractivity contribution < 1.29 is 22.3 Å². The van der Waals surface area contributed by atoms with Crippen LogP contribution in [0.1, 0.15) is 10.5 Å². The van der Waals surface area contributed by atoms with Crippen LogP contribution in [0.25, 0.3) is 10.9 Å². The molecule has 0 spiro atoms. The van der Waals surface area contributed by atoms with Crippen LogP contribution in [0.5, 0.6) is 5.75 Å². The maximum Gasteiger partial charge on any atom is 0.270 e. The molecule has 0 unspecified atom stereocenters. The van der Waals surface area contributed by atoms with E-state index >= 15 is 0 Å². The monoisotopic (exact) mass is 417 g/mol. The van der Waals surface area contributed by atoms with E-state index in [1.54, 1.807) is 29.2 Å². The number of nitrogens with zero attached hydrogens (tertiary/aromatic N) is 2.